The molecule has 15 nitrogen and oxygen atoms in total. The third-order valence-electron chi connectivity index (χ3n) is 4.18. The Kier molecular flexibility index (Phi) is 16.0. The minimum Gasteiger partial charge on any atom is -0.465 e. The zero-order chi connectivity index (χ0) is 27.7. The Morgan fingerprint density at radius 2 is 0.833 bits per heavy atom. The van der Waals surface area contributed by atoms with Gasteiger partial charge in [0.2, 0.25) is 0 Å². The Morgan fingerprint density at radius 3 is 1.00 bits per heavy atom. The molecule has 1 aromatic carbocycles. The average Bonchev–Trinajstić information content (AvgIpc) is 2.91. The second-order valence-corrected chi connectivity index (χ2v) is 6.48. The Morgan fingerprint density at radius 1 is 0.583 bits per heavy atom. The molecule has 0 aliphatic heterocycles. The first-order valence-corrected chi connectivity index (χ1v) is 10.4. The first kappa shape index (κ1) is 32.4. The average molecular weight is 517 g/mol. The van der Waals surface area contributed by atoms with Crippen LogP contribution in [0.2, 0.25) is 0 Å². The minimum absolute atomic E-state index is 0.125. The summed E-state index contributed by atoms with van der Waals surface area (Å²) >= 11 is 0. The van der Waals surface area contributed by atoms with Crippen molar-refractivity contribution in [3.63, 3.8) is 0 Å². The van der Waals surface area contributed by atoms with E-state index >= 15 is 0 Å². The Balaban J connectivity index is 0.000000606. The van der Waals surface area contributed by atoms with Crippen LogP contribution < -0.4 is 17.1 Å². The Bertz CT molecular complexity index is 971. The molecule has 0 aliphatic rings. The van der Waals surface area contributed by atoms with Crippen LogP contribution in [0.15, 0.2) is 38.6 Å². The maximum atomic E-state index is 11.8. The van der Waals surface area contributed by atoms with Crippen LogP contribution in [0, 0.1) is 0 Å². The highest BCUT2D eigenvalue weighted by Crippen LogP contribution is 2.06. The first-order chi connectivity index (χ1) is 17.2. The predicted octanol–water partition coefficient (Wildman–Crippen LogP) is -3.62. The number of hydrogen-bond donors (Lipinski definition) is 5. The van der Waals surface area contributed by atoms with E-state index in [0.717, 1.165) is 0 Å². The van der Waals surface area contributed by atoms with E-state index in [-0.39, 0.29) is 32.8 Å². The topological polar surface area (TPSA) is 220 Å². The van der Waals surface area contributed by atoms with E-state index in [2.05, 4.69) is 9.47 Å². The summed E-state index contributed by atoms with van der Waals surface area (Å²) in [6, 6.07) is 6.05. The molecule has 0 unspecified atom stereocenters. The van der Waals surface area contributed by atoms with Gasteiger partial charge in [-0.05, 0) is 24.3 Å². The Hall–Kier alpha value is -3.63. The number of rotatable bonds is 9. The molecule has 1 heterocycles. The molecule has 0 radical (unpaired) electrons. The van der Waals surface area contributed by atoms with Crippen molar-refractivity contribution in [3.8, 4) is 0 Å². The molecule has 0 atom stereocenters. The third-order valence-corrected chi connectivity index (χ3v) is 4.18. The number of carbonyl (C=O) groups is 2. The number of hydrogen-bond acceptors (Lipinski definition) is 12. The number of esters is 2. The summed E-state index contributed by atoms with van der Waals surface area (Å²) in [4.78, 5) is 57.4. The number of aliphatic hydroxyl groups is 5. The lowest BCUT2D eigenvalue weighted by atomic mass is 10.1. The van der Waals surface area contributed by atoms with E-state index in [1.54, 1.807) is 0 Å². The third kappa shape index (κ3) is 9.55. The lowest BCUT2D eigenvalue weighted by molar-refractivity contribution is 0.0586. The van der Waals surface area contributed by atoms with Crippen molar-refractivity contribution in [2.75, 3.05) is 47.3 Å². The molecule has 0 spiro atoms. The quantitative estimate of drug-likeness (QED) is 0.204. The number of aromatic nitrogens is 3. The predicted molar refractivity (Wildman–Crippen MR) is 124 cm³/mol. The van der Waals surface area contributed by atoms with Crippen molar-refractivity contribution in [1.29, 1.82) is 0 Å². The molecule has 0 saturated heterocycles. The highest BCUT2D eigenvalue weighted by Gasteiger charge is 2.14. The molecule has 5 N–H and O–H groups in total. The molecule has 36 heavy (non-hydrogen) atoms. The minimum atomic E-state index is -0.887. The summed E-state index contributed by atoms with van der Waals surface area (Å²) in [5, 5.41) is 41.6. The highest BCUT2D eigenvalue weighted by molar-refractivity contribution is 5.93. The second kappa shape index (κ2) is 17.8. The van der Waals surface area contributed by atoms with E-state index in [9.17, 15) is 24.0 Å². The molecular weight excluding hydrogens is 486 g/mol. The van der Waals surface area contributed by atoms with Gasteiger partial charge in [-0.1, -0.05) is 0 Å². The second-order valence-electron chi connectivity index (χ2n) is 6.48. The van der Waals surface area contributed by atoms with Crippen LogP contribution >= 0.6 is 0 Å². The fourth-order valence-corrected chi connectivity index (χ4v) is 2.53. The zero-order valence-electron chi connectivity index (χ0n) is 19.9. The Labute approximate surface area is 204 Å². The molecule has 2 rings (SSSR count). The normalized spacial score (nSPS) is 9.86. The highest BCUT2D eigenvalue weighted by atomic mass is 16.5. The summed E-state index contributed by atoms with van der Waals surface area (Å²) < 4.78 is 11.1. The number of aliphatic hydroxyl groups excluding tert-OH is 5. The lowest BCUT2D eigenvalue weighted by Gasteiger charge is -2.11. The van der Waals surface area contributed by atoms with Crippen molar-refractivity contribution in [2.24, 2.45) is 0 Å². The largest absolute Gasteiger partial charge is 0.465 e. The van der Waals surface area contributed by atoms with Crippen LogP contribution in [0.5, 0.6) is 0 Å². The maximum Gasteiger partial charge on any atom is 0.337 e. The molecule has 0 fully saturated rings. The van der Waals surface area contributed by atoms with Crippen molar-refractivity contribution in [2.45, 2.75) is 19.6 Å². The van der Waals surface area contributed by atoms with Crippen LogP contribution in [0.25, 0.3) is 0 Å². The lowest BCUT2D eigenvalue weighted by Crippen LogP contribution is -2.55. The van der Waals surface area contributed by atoms with E-state index in [1.807, 2.05) is 0 Å². The number of methoxy groups -OCH3 is 2. The van der Waals surface area contributed by atoms with Crippen molar-refractivity contribution < 1.29 is 44.6 Å². The number of ether oxygens (including phenoxy) is 2. The molecule has 2 aromatic rings. The summed E-state index contributed by atoms with van der Waals surface area (Å²) in [7, 11) is 2.60. The van der Waals surface area contributed by atoms with Crippen LogP contribution in [-0.2, 0) is 29.1 Å². The molecule has 1 aromatic heterocycles. The van der Waals surface area contributed by atoms with Crippen LogP contribution in [0.3, 0.4) is 0 Å². The maximum absolute atomic E-state index is 11.8. The van der Waals surface area contributed by atoms with Gasteiger partial charge >= 0.3 is 29.0 Å². The number of carbonyl (C=O) groups excluding carboxylic acids is 2. The summed E-state index contributed by atoms with van der Waals surface area (Å²) in [6.07, 6.45) is 0. The zero-order valence-corrected chi connectivity index (χ0v) is 19.9. The number of benzene rings is 1. The van der Waals surface area contributed by atoms with Crippen molar-refractivity contribution >= 4 is 11.9 Å². The van der Waals surface area contributed by atoms with Crippen molar-refractivity contribution in [1.82, 2.24) is 13.7 Å². The van der Waals surface area contributed by atoms with Crippen LogP contribution in [0.1, 0.15) is 20.7 Å². The van der Waals surface area contributed by atoms with Gasteiger partial charge in [-0.15, -0.1) is 0 Å². The fourth-order valence-electron chi connectivity index (χ4n) is 2.53. The van der Waals surface area contributed by atoms with Gasteiger partial charge in [-0.2, -0.15) is 0 Å². The van der Waals surface area contributed by atoms with Crippen LogP contribution in [0.4, 0.5) is 0 Å². The van der Waals surface area contributed by atoms with Crippen LogP contribution in [-0.4, -0.2) is 98.4 Å². The monoisotopic (exact) mass is 517 g/mol. The molecule has 0 bridgehead atoms. The molecule has 202 valence electrons. The van der Waals surface area contributed by atoms with E-state index in [4.69, 9.17) is 25.5 Å². The molecular formula is C21H31N3O12. The summed E-state index contributed by atoms with van der Waals surface area (Å²) in [5.74, 6) is -0.858. The van der Waals surface area contributed by atoms with E-state index in [1.165, 1.54) is 38.5 Å². The SMILES string of the molecule is COC(=O)c1ccc(C(=O)OC)cc1.O=c1n(CCO)c(=O)n(CCO)c(=O)n1CCO.OCCO. The van der Waals surface area contributed by atoms with Gasteiger partial charge in [-0.25, -0.2) is 37.7 Å². The standard InChI is InChI=1S/C10H10O4.C9H15N3O6.C2H6O2/c1-13-9(11)7-3-5-8(6-4-7)10(12)14-2;13-4-1-10-7(16)11(2-5-14)9(18)12(3-6-15)8(10)17;3-1-2-4/h3-6H,1-2H3;13-15H,1-6H2;3-4H,1-2H2. The van der Waals surface area contributed by atoms with Gasteiger partial charge < -0.3 is 35.0 Å². The van der Waals surface area contributed by atoms with Gasteiger partial charge in [0.1, 0.15) is 0 Å². The van der Waals surface area contributed by atoms with Gasteiger partial charge in [0.15, 0.2) is 0 Å². The van der Waals surface area contributed by atoms with E-state index in [0.29, 0.717) is 24.8 Å². The molecule has 0 aliphatic carbocycles. The van der Waals surface area contributed by atoms with Gasteiger partial charge in [0.05, 0.1) is 78.0 Å². The molecule has 0 amide bonds. The first-order valence-electron chi connectivity index (χ1n) is 10.4. The molecule has 15 heteroatoms. The smallest absolute Gasteiger partial charge is 0.337 e. The molecule has 0 saturated carbocycles. The van der Waals surface area contributed by atoms with E-state index < -0.39 is 48.8 Å². The summed E-state index contributed by atoms with van der Waals surface area (Å²) in [6.45, 7) is -2.33. The summed E-state index contributed by atoms with van der Waals surface area (Å²) in [5.41, 5.74) is -1.85. The van der Waals surface area contributed by atoms with Gasteiger partial charge in [0.25, 0.3) is 0 Å². The van der Waals surface area contributed by atoms with Gasteiger partial charge in [0, 0.05) is 0 Å². The fraction of sp³-hybridized carbons (Fsp3) is 0.476. The van der Waals surface area contributed by atoms with Gasteiger partial charge in [-0.3, -0.25) is 0 Å². The van der Waals surface area contributed by atoms with Crippen molar-refractivity contribution in [3.05, 3.63) is 66.8 Å². The number of nitrogens with zero attached hydrogens (tertiary/aromatic N) is 3.